The summed E-state index contributed by atoms with van der Waals surface area (Å²) in [4.78, 5) is 25.6. The van der Waals surface area contributed by atoms with Crippen LogP contribution in [0.5, 0.6) is 11.5 Å². The molecule has 0 bridgehead atoms. The highest BCUT2D eigenvalue weighted by Gasteiger charge is 2.34. The second-order valence-electron chi connectivity index (χ2n) is 6.12. The molecule has 154 valence electrons. The van der Waals surface area contributed by atoms with E-state index in [0.717, 1.165) is 22.2 Å². The SMILES string of the molecule is C#CCN1C(=O)S/C(=C/c2cc(Cl)c(OCc3ccccc3Cl)c(OCC)c2)C1=O. The van der Waals surface area contributed by atoms with Crippen LogP contribution in [-0.4, -0.2) is 29.2 Å². The molecule has 1 fully saturated rings. The Hall–Kier alpha value is -2.59. The lowest BCUT2D eigenvalue weighted by Crippen LogP contribution is -2.28. The topological polar surface area (TPSA) is 55.8 Å². The van der Waals surface area contributed by atoms with Crippen molar-refractivity contribution in [2.24, 2.45) is 0 Å². The maximum atomic E-state index is 12.4. The first-order valence-electron chi connectivity index (χ1n) is 8.96. The number of benzene rings is 2. The van der Waals surface area contributed by atoms with Gasteiger partial charge in [-0.2, -0.15) is 0 Å². The molecule has 3 rings (SSSR count). The Kier molecular flexibility index (Phi) is 7.33. The Morgan fingerprint density at radius 1 is 1.17 bits per heavy atom. The molecule has 0 spiro atoms. The third-order valence-electron chi connectivity index (χ3n) is 4.08. The number of halogens is 2. The molecule has 0 saturated carbocycles. The van der Waals surface area contributed by atoms with E-state index in [2.05, 4.69) is 5.92 Å². The van der Waals surface area contributed by atoms with Gasteiger partial charge in [0, 0.05) is 10.6 Å². The van der Waals surface area contributed by atoms with Crippen LogP contribution in [0.1, 0.15) is 18.1 Å². The van der Waals surface area contributed by atoms with E-state index in [0.29, 0.717) is 33.7 Å². The summed E-state index contributed by atoms with van der Waals surface area (Å²) in [5.41, 5.74) is 1.41. The molecule has 2 amide bonds. The number of nitrogens with zero attached hydrogens (tertiary/aromatic N) is 1. The van der Waals surface area contributed by atoms with E-state index in [1.54, 1.807) is 24.3 Å². The van der Waals surface area contributed by atoms with E-state index in [1.165, 1.54) is 0 Å². The lowest BCUT2D eigenvalue weighted by molar-refractivity contribution is -0.122. The summed E-state index contributed by atoms with van der Waals surface area (Å²) in [6.45, 7) is 2.37. The minimum absolute atomic E-state index is 0.0677. The fourth-order valence-electron chi connectivity index (χ4n) is 2.72. The molecule has 2 aromatic carbocycles. The molecule has 0 unspecified atom stereocenters. The van der Waals surface area contributed by atoms with Gasteiger partial charge in [0.2, 0.25) is 0 Å². The van der Waals surface area contributed by atoms with Crippen molar-refractivity contribution in [1.82, 2.24) is 4.90 Å². The number of terminal acetylenes is 1. The summed E-state index contributed by atoms with van der Waals surface area (Å²) in [7, 11) is 0. The number of hydrogen-bond donors (Lipinski definition) is 0. The Labute approximate surface area is 188 Å². The monoisotopic (exact) mass is 461 g/mol. The Bertz CT molecular complexity index is 1060. The molecule has 0 atom stereocenters. The van der Waals surface area contributed by atoms with Gasteiger partial charge < -0.3 is 9.47 Å². The number of ether oxygens (including phenoxy) is 2. The number of imide groups is 1. The van der Waals surface area contributed by atoms with Crippen LogP contribution in [0.4, 0.5) is 4.79 Å². The number of carbonyl (C=O) groups excluding carboxylic acids is 2. The van der Waals surface area contributed by atoms with Crippen molar-refractivity contribution in [2.45, 2.75) is 13.5 Å². The van der Waals surface area contributed by atoms with E-state index in [4.69, 9.17) is 39.1 Å². The molecule has 1 aliphatic heterocycles. The van der Waals surface area contributed by atoms with Crippen LogP contribution >= 0.6 is 35.0 Å². The van der Waals surface area contributed by atoms with E-state index in [9.17, 15) is 9.59 Å². The molecular weight excluding hydrogens is 445 g/mol. The van der Waals surface area contributed by atoms with Gasteiger partial charge in [-0.1, -0.05) is 47.3 Å². The van der Waals surface area contributed by atoms with Crippen molar-refractivity contribution in [3.63, 3.8) is 0 Å². The van der Waals surface area contributed by atoms with E-state index in [1.807, 2.05) is 25.1 Å². The molecule has 2 aromatic rings. The normalized spacial score (nSPS) is 14.9. The molecule has 5 nitrogen and oxygen atoms in total. The van der Waals surface area contributed by atoms with Crippen molar-refractivity contribution >= 4 is 52.2 Å². The summed E-state index contributed by atoms with van der Waals surface area (Å²) < 4.78 is 11.6. The minimum atomic E-state index is -0.434. The van der Waals surface area contributed by atoms with Gasteiger partial charge in [0.15, 0.2) is 11.5 Å². The first-order valence-corrected chi connectivity index (χ1v) is 10.5. The second kappa shape index (κ2) is 9.94. The fraction of sp³-hybridized carbons (Fsp3) is 0.182. The van der Waals surface area contributed by atoms with Gasteiger partial charge in [-0.05, 0) is 48.5 Å². The van der Waals surface area contributed by atoms with Crippen molar-refractivity contribution in [3.05, 3.63) is 62.5 Å². The van der Waals surface area contributed by atoms with Gasteiger partial charge in [-0.15, -0.1) is 6.42 Å². The predicted molar refractivity (Wildman–Crippen MR) is 120 cm³/mol. The van der Waals surface area contributed by atoms with Gasteiger partial charge in [0.25, 0.3) is 11.1 Å². The van der Waals surface area contributed by atoms with Crippen LogP contribution in [0.15, 0.2) is 41.3 Å². The van der Waals surface area contributed by atoms with Crippen LogP contribution < -0.4 is 9.47 Å². The van der Waals surface area contributed by atoms with Crippen molar-refractivity contribution < 1.29 is 19.1 Å². The number of carbonyl (C=O) groups is 2. The Morgan fingerprint density at radius 3 is 2.63 bits per heavy atom. The smallest absolute Gasteiger partial charge is 0.294 e. The molecule has 0 N–H and O–H groups in total. The van der Waals surface area contributed by atoms with Gasteiger partial charge in [0.05, 0.1) is 23.1 Å². The lowest BCUT2D eigenvalue weighted by atomic mass is 10.1. The molecule has 1 saturated heterocycles. The number of hydrogen-bond acceptors (Lipinski definition) is 5. The summed E-state index contributed by atoms with van der Waals surface area (Å²) >= 11 is 13.5. The molecule has 0 aromatic heterocycles. The van der Waals surface area contributed by atoms with Gasteiger partial charge >= 0.3 is 0 Å². The molecule has 8 heteroatoms. The molecule has 30 heavy (non-hydrogen) atoms. The number of amides is 2. The van der Waals surface area contributed by atoms with Crippen LogP contribution in [0.25, 0.3) is 6.08 Å². The first kappa shape index (κ1) is 22.1. The van der Waals surface area contributed by atoms with Crippen molar-refractivity contribution in [2.75, 3.05) is 13.2 Å². The fourth-order valence-corrected chi connectivity index (χ4v) is 4.02. The molecular formula is C22H17Cl2NO4S. The summed E-state index contributed by atoms with van der Waals surface area (Å²) in [5, 5.41) is 0.494. The van der Waals surface area contributed by atoms with Crippen LogP contribution in [-0.2, 0) is 11.4 Å². The minimum Gasteiger partial charge on any atom is -0.490 e. The van der Waals surface area contributed by atoms with Crippen LogP contribution in [0.2, 0.25) is 10.0 Å². The maximum absolute atomic E-state index is 12.4. The van der Waals surface area contributed by atoms with Crippen LogP contribution in [0.3, 0.4) is 0 Å². The van der Waals surface area contributed by atoms with E-state index in [-0.39, 0.29) is 18.1 Å². The predicted octanol–water partition coefficient (Wildman–Crippen LogP) is 5.64. The quantitative estimate of drug-likeness (QED) is 0.394. The average Bonchev–Trinajstić information content (AvgIpc) is 2.96. The maximum Gasteiger partial charge on any atom is 0.294 e. The number of rotatable bonds is 7. The third-order valence-corrected chi connectivity index (χ3v) is 5.64. The zero-order valence-electron chi connectivity index (χ0n) is 16.0. The Morgan fingerprint density at radius 2 is 1.93 bits per heavy atom. The second-order valence-corrected chi connectivity index (χ2v) is 7.92. The lowest BCUT2D eigenvalue weighted by Gasteiger charge is -2.15. The highest BCUT2D eigenvalue weighted by Crippen LogP contribution is 2.39. The summed E-state index contributed by atoms with van der Waals surface area (Å²) in [6, 6.07) is 10.7. The van der Waals surface area contributed by atoms with Gasteiger partial charge in [-0.25, -0.2) is 0 Å². The van der Waals surface area contributed by atoms with Crippen LogP contribution in [0, 0.1) is 12.3 Å². The van der Waals surface area contributed by atoms with Crippen molar-refractivity contribution in [3.8, 4) is 23.8 Å². The first-order chi connectivity index (χ1) is 14.4. The van der Waals surface area contributed by atoms with Crippen molar-refractivity contribution in [1.29, 1.82) is 0 Å². The largest absolute Gasteiger partial charge is 0.490 e. The number of thioether (sulfide) groups is 1. The Balaban J connectivity index is 1.88. The molecule has 1 aliphatic rings. The highest BCUT2D eigenvalue weighted by atomic mass is 35.5. The average molecular weight is 462 g/mol. The van der Waals surface area contributed by atoms with Gasteiger partial charge in [-0.3, -0.25) is 14.5 Å². The molecule has 1 heterocycles. The zero-order valence-corrected chi connectivity index (χ0v) is 18.3. The third kappa shape index (κ3) is 4.93. The van der Waals surface area contributed by atoms with Gasteiger partial charge in [0.1, 0.15) is 6.61 Å². The standard InChI is InChI=1S/C22H17Cl2NO4S/c1-3-9-25-21(26)19(30-22(25)27)12-14-10-17(24)20(18(11-14)28-4-2)29-13-15-7-5-6-8-16(15)23/h1,5-8,10-12H,4,9,13H2,2H3/b19-12+. The highest BCUT2D eigenvalue weighted by molar-refractivity contribution is 8.18. The van der Waals surface area contributed by atoms with E-state index < -0.39 is 11.1 Å². The van der Waals surface area contributed by atoms with E-state index >= 15 is 0 Å². The molecule has 0 radical (unpaired) electrons. The molecule has 0 aliphatic carbocycles. The summed E-state index contributed by atoms with van der Waals surface area (Å²) in [5.74, 6) is 2.66. The summed E-state index contributed by atoms with van der Waals surface area (Å²) in [6.07, 6.45) is 6.80. The zero-order chi connectivity index (χ0) is 21.7.